The molecule has 0 atom stereocenters. The largest absolute Gasteiger partial charge is 0.507 e. The number of para-hydroxylation sites is 1. The van der Waals surface area contributed by atoms with Crippen LogP contribution in [-0.4, -0.2) is 20.1 Å². The van der Waals surface area contributed by atoms with Gasteiger partial charge in [0.1, 0.15) is 11.6 Å². The van der Waals surface area contributed by atoms with Crippen LogP contribution >= 0.6 is 0 Å². The van der Waals surface area contributed by atoms with Gasteiger partial charge in [-0.15, -0.1) is 23.8 Å². The first-order valence-electron chi connectivity index (χ1n) is 21.2. The van der Waals surface area contributed by atoms with E-state index in [0.29, 0.717) is 28.8 Å². The van der Waals surface area contributed by atoms with Crippen LogP contribution in [0.1, 0.15) is 101 Å². The van der Waals surface area contributed by atoms with E-state index in [-0.39, 0.29) is 38.7 Å². The van der Waals surface area contributed by atoms with Crippen LogP contribution in [-0.2, 0) is 21.1 Å². The first-order chi connectivity index (χ1) is 29.0. The third kappa shape index (κ3) is 8.81. The normalized spacial score (nSPS) is 11.5. The van der Waals surface area contributed by atoms with Gasteiger partial charge in [0.25, 0.3) is 0 Å². The van der Waals surface area contributed by atoms with Crippen molar-refractivity contribution in [2.75, 3.05) is 4.90 Å². The second-order valence-electron chi connectivity index (χ2n) is 17.0. The Kier molecular flexibility index (Phi) is 13.0. The van der Waals surface area contributed by atoms with E-state index < -0.39 is 0 Å². The molecule has 0 saturated carbocycles. The number of phenols is 1. The van der Waals surface area contributed by atoms with Gasteiger partial charge in [0.15, 0.2) is 0 Å². The van der Waals surface area contributed by atoms with Gasteiger partial charge in [0.05, 0.1) is 17.1 Å². The fourth-order valence-electron chi connectivity index (χ4n) is 8.18. The van der Waals surface area contributed by atoms with Crippen LogP contribution in [0.25, 0.3) is 55.7 Å². The van der Waals surface area contributed by atoms with Gasteiger partial charge >= 0.3 is 0 Å². The number of benzene rings is 6. The van der Waals surface area contributed by atoms with Crippen molar-refractivity contribution in [2.24, 2.45) is 0 Å². The number of rotatable bonds is 11. The summed E-state index contributed by atoms with van der Waals surface area (Å²) in [6.07, 6.45) is 3.71. The van der Waals surface area contributed by atoms with Crippen molar-refractivity contribution in [3.8, 4) is 50.6 Å². The summed E-state index contributed by atoms with van der Waals surface area (Å²) in [6.45, 7) is 17.9. The molecule has 0 radical (unpaired) electrons. The predicted molar refractivity (Wildman–Crippen MR) is 251 cm³/mol. The van der Waals surface area contributed by atoms with E-state index in [2.05, 4.69) is 157 Å². The molecule has 0 aliphatic heterocycles. The van der Waals surface area contributed by atoms with Gasteiger partial charge in [0, 0.05) is 55.7 Å². The molecule has 2 aromatic heterocycles. The van der Waals surface area contributed by atoms with Crippen molar-refractivity contribution in [1.82, 2.24) is 15.0 Å². The van der Waals surface area contributed by atoms with Gasteiger partial charge < -0.3 is 10.0 Å². The Morgan fingerprint density at radius 3 is 1.87 bits per heavy atom. The van der Waals surface area contributed by atoms with Crippen LogP contribution in [0.3, 0.4) is 0 Å². The number of aromatic hydroxyl groups is 1. The average molecular weight is 981 g/mol. The standard InChI is InChI=1S/C55H53N4O.Pt/c1-34(2)39-27-40(35(3)4)29-43(28-39)54-55(48-20-11-12-24-51(48)60)58-49(33-57-54)41-30-42(53-45(36(5)6)21-16-22-46(53)37(7)8)32-44(31-41)59(52-25-13-14-26-56-52)50-23-15-18-38-17-9-10-19-47(38)50;/h9-30,32-37,60H,1-8H3;/q-1;. The molecular formula is C55H53N4OPt-. The summed E-state index contributed by atoms with van der Waals surface area (Å²) in [5, 5.41) is 13.6. The molecule has 0 spiro atoms. The molecule has 0 aliphatic rings. The smallest absolute Gasteiger partial charge is 0.136 e. The zero-order valence-electron chi connectivity index (χ0n) is 36.2. The number of anilines is 3. The number of aromatic nitrogens is 3. The Hall–Kier alpha value is -5.90. The van der Waals surface area contributed by atoms with Crippen molar-refractivity contribution in [2.45, 2.75) is 79.1 Å². The van der Waals surface area contributed by atoms with E-state index in [9.17, 15) is 5.11 Å². The molecule has 0 amide bonds. The van der Waals surface area contributed by atoms with Crippen LogP contribution in [0.15, 0.2) is 146 Å². The second-order valence-corrected chi connectivity index (χ2v) is 17.0. The Balaban J connectivity index is 0.00000561. The van der Waals surface area contributed by atoms with E-state index in [1.807, 2.05) is 48.8 Å². The van der Waals surface area contributed by atoms with E-state index in [0.717, 1.165) is 50.3 Å². The Labute approximate surface area is 375 Å². The third-order valence-electron chi connectivity index (χ3n) is 11.4. The first kappa shape index (κ1) is 43.2. The van der Waals surface area contributed by atoms with Crippen molar-refractivity contribution in [3.05, 3.63) is 174 Å². The number of fused-ring (bicyclic) bond motifs is 1. The average Bonchev–Trinajstić information content (AvgIpc) is 3.26. The Morgan fingerprint density at radius 2 is 1.21 bits per heavy atom. The molecule has 5 nitrogen and oxygen atoms in total. The predicted octanol–water partition coefficient (Wildman–Crippen LogP) is 15.2. The minimum atomic E-state index is 0. The van der Waals surface area contributed by atoms with Crippen LogP contribution in [0.4, 0.5) is 17.2 Å². The zero-order valence-corrected chi connectivity index (χ0v) is 38.5. The summed E-state index contributed by atoms with van der Waals surface area (Å²) in [5.41, 5.74) is 13.5. The Bertz CT molecular complexity index is 2750. The molecule has 0 aliphatic carbocycles. The van der Waals surface area contributed by atoms with Crippen molar-refractivity contribution in [1.29, 1.82) is 0 Å². The second kappa shape index (κ2) is 18.4. The molecule has 2 heterocycles. The summed E-state index contributed by atoms with van der Waals surface area (Å²) in [5.74, 6) is 2.14. The molecular weight excluding hydrogens is 928 g/mol. The molecule has 0 unspecified atom stereocenters. The quantitative estimate of drug-likeness (QED) is 0.131. The fourth-order valence-corrected chi connectivity index (χ4v) is 8.18. The van der Waals surface area contributed by atoms with E-state index >= 15 is 0 Å². The third-order valence-corrected chi connectivity index (χ3v) is 11.4. The molecule has 6 heteroatoms. The zero-order chi connectivity index (χ0) is 42.1. The van der Waals surface area contributed by atoms with Gasteiger partial charge in [0.2, 0.25) is 0 Å². The minimum absolute atomic E-state index is 0. The number of hydrogen-bond acceptors (Lipinski definition) is 5. The van der Waals surface area contributed by atoms with Crippen molar-refractivity contribution < 1.29 is 26.2 Å². The molecule has 0 bridgehead atoms. The summed E-state index contributed by atoms with van der Waals surface area (Å²) in [7, 11) is 0. The molecule has 310 valence electrons. The van der Waals surface area contributed by atoms with E-state index in [1.165, 1.54) is 27.8 Å². The van der Waals surface area contributed by atoms with E-state index in [4.69, 9.17) is 15.0 Å². The maximum atomic E-state index is 11.4. The molecule has 0 saturated heterocycles. The summed E-state index contributed by atoms with van der Waals surface area (Å²) in [4.78, 5) is 17.8. The van der Waals surface area contributed by atoms with Crippen LogP contribution in [0, 0.1) is 6.07 Å². The van der Waals surface area contributed by atoms with Crippen LogP contribution in [0.2, 0.25) is 0 Å². The molecule has 0 fully saturated rings. The topological polar surface area (TPSA) is 62.1 Å². The number of nitrogens with zero attached hydrogens (tertiary/aromatic N) is 4. The summed E-state index contributed by atoms with van der Waals surface area (Å²) in [6, 6.07) is 50.1. The van der Waals surface area contributed by atoms with Crippen LogP contribution < -0.4 is 4.90 Å². The monoisotopic (exact) mass is 980 g/mol. The number of phenolic OH excluding ortho intramolecular Hbond substituents is 1. The van der Waals surface area contributed by atoms with Crippen molar-refractivity contribution in [3.63, 3.8) is 0 Å². The molecule has 1 N–H and O–H groups in total. The minimum Gasteiger partial charge on any atom is -0.507 e. The summed E-state index contributed by atoms with van der Waals surface area (Å²) >= 11 is 0. The SMILES string of the molecule is CC(C)c1cc(-c2ncc(-c3[c-]c(N(c4ccccn4)c4cccc5ccccc45)cc(-c4c(C(C)C)cccc4C(C)C)c3)nc2-c2ccccc2O)cc(C(C)C)c1.[Pt]. The molecule has 8 rings (SSSR count). The van der Waals surface area contributed by atoms with Gasteiger partial charge in [-0.2, -0.15) is 0 Å². The van der Waals surface area contributed by atoms with Gasteiger partial charge in [-0.25, -0.2) is 4.98 Å². The molecule has 8 aromatic rings. The molecule has 6 aromatic carbocycles. The number of hydrogen-bond donors (Lipinski definition) is 1. The first-order valence-corrected chi connectivity index (χ1v) is 21.2. The maximum absolute atomic E-state index is 11.4. The van der Waals surface area contributed by atoms with Crippen LogP contribution in [0.5, 0.6) is 5.75 Å². The van der Waals surface area contributed by atoms with Gasteiger partial charge in [-0.3, -0.25) is 9.97 Å². The molecule has 61 heavy (non-hydrogen) atoms. The number of pyridine rings is 1. The van der Waals surface area contributed by atoms with Crippen molar-refractivity contribution >= 4 is 28.0 Å². The fraction of sp³-hybridized carbons (Fsp3) is 0.218. The van der Waals surface area contributed by atoms with E-state index in [1.54, 1.807) is 6.07 Å². The Morgan fingerprint density at radius 1 is 0.574 bits per heavy atom. The van der Waals surface area contributed by atoms with Gasteiger partial charge in [-0.1, -0.05) is 140 Å². The summed E-state index contributed by atoms with van der Waals surface area (Å²) < 4.78 is 0. The maximum Gasteiger partial charge on any atom is 0.136 e. The van der Waals surface area contributed by atoms with Gasteiger partial charge in [-0.05, 0) is 105 Å².